The summed E-state index contributed by atoms with van der Waals surface area (Å²) in [4.78, 5) is -0.0373. The molecule has 1 atom stereocenters. The molecule has 1 aliphatic rings. The molecule has 0 saturated carbocycles. The summed E-state index contributed by atoms with van der Waals surface area (Å²) in [5, 5.41) is 0.371. The van der Waals surface area contributed by atoms with Crippen LogP contribution >= 0.6 is 11.6 Å². The van der Waals surface area contributed by atoms with Gasteiger partial charge in [0, 0.05) is 18.1 Å². The second kappa shape index (κ2) is 5.54. The monoisotopic (exact) mass is 327 g/mol. The molecule has 0 bridgehead atoms. The van der Waals surface area contributed by atoms with E-state index in [4.69, 9.17) is 11.6 Å². The van der Waals surface area contributed by atoms with Gasteiger partial charge in [0.15, 0.2) is 0 Å². The van der Waals surface area contributed by atoms with Crippen molar-refractivity contribution in [2.75, 3.05) is 13.1 Å². The number of alkyl halides is 3. The second-order valence-electron chi connectivity index (χ2n) is 4.70. The molecule has 1 aromatic carbocycles. The fourth-order valence-electron chi connectivity index (χ4n) is 2.18. The standard InChI is InChI=1S/C12H13ClF3NO2S/c13-10-3-5-11(6-4-10)20(18,19)17-7-1-2-9(8-17)12(14,15)16/h3-6,9H,1-2,7-8H2/t9-/m1/s1. The topological polar surface area (TPSA) is 37.4 Å². The molecular formula is C12H13ClF3NO2S. The lowest BCUT2D eigenvalue weighted by Crippen LogP contribution is -2.44. The normalized spacial score (nSPS) is 21.9. The molecule has 1 heterocycles. The first-order chi connectivity index (χ1) is 9.21. The van der Waals surface area contributed by atoms with E-state index in [2.05, 4.69) is 0 Å². The molecule has 1 aliphatic heterocycles. The van der Waals surface area contributed by atoms with E-state index in [1.807, 2.05) is 0 Å². The van der Waals surface area contributed by atoms with Gasteiger partial charge in [-0.1, -0.05) is 11.6 Å². The van der Waals surface area contributed by atoms with E-state index in [1.54, 1.807) is 0 Å². The number of hydrogen-bond donors (Lipinski definition) is 0. The molecule has 112 valence electrons. The number of piperidine rings is 1. The summed E-state index contributed by atoms with van der Waals surface area (Å²) in [5.41, 5.74) is 0. The summed E-state index contributed by atoms with van der Waals surface area (Å²) >= 11 is 5.67. The van der Waals surface area contributed by atoms with Crippen LogP contribution in [0.4, 0.5) is 13.2 Å². The van der Waals surface area contributed by atoms with Gasteiger partial charge in [-0.15, -0.1) is 0 Å². The first kappa shape index (κ1) is 15.6. The van der Waals surface area contributed by atoms with Gasteiger partial charge in [0.2, 0.25) is 10.0 Å². The maximum atomic E-state index is 12.7. The van der Waals surface area contributed by atoms with Crippen LogP contribution in [0.1, 0.15) is 12.8 Å². The molecule has 2 rings (SSSR count). The van der Waals surface area contributed by atoms with E-state index >= 15 is 0 Å². The predicted molar refractivity (Wildman–Crippen MR) is 69.0 cm³/mol. The SMILES string of the molecule is O=S(=O)(c1ccc(Cl)cc1)N1CCC[C@@H](C(F)(F)F)C1. The number of nitrogens with zero attached hydrogens (tertiary/aromatic N) is 1. The van der Waals surface area contributed by atoms with Gasteiger partial charge in [-0.3, -0.25) is 0 Å². The van der Waals surface area contributed by atoms with E-state index in [-0.39, 0.29) is 24.3 Å². The van der Waals surface area contributed by atoms with Crippen molar-refractivity contribution in [2.24, 2.45) is 5.92 Å². The predicted octanol–water partition coefficient (Wildman–Crippen LogP) is 3.30. The highest BCUT2D eigenvalue weighted by Crippen LogP contribution is 2.35. The molecule has 0 radical (unpaired) electrons. The van der Waals surface area contributed by atoms with Crippen molar-refractivity contribution in [1.82, 2.24) is 4.31 Å². The molecule has 1 aromatic rings. The molecule has 0 spiro atoms. The molecular weight excluding hydrogens is 315 g/mol. The van der Waals surface area contributed by atoms with Crippen LogP contribution in [0.2, 0.25) is 5.02 Å². The number of sulfonamides is 1. The van der Waals surface area contributed by atoms with Gasteiger partial charge in [0.1, 0.15) is 0 Å². The summed E-state index contributed by atoms with van der Waals surface area (Å²) in [6.45, 7) is -0.411. The van der Waals surface area contributed by atoms with Crippen LogP contribution in [-0.4, -0.2) is 32.0 Å². The van der Waals surface area contributed by atoms with Crippen LogP contribution in [0, 0.1) is 5.92 Å². The number of halogens is 4. The summed E-state index contributed by atoms with van der Waals surface area (Å²) in [6, 6.07) is 5.41. The molecule has 0 amide bonds. The van der Waals surface area contributed by atoms with Crippen LogP contribution in [-0.2, 0) is 10.0 Å². The number of benzene rings is 1. The van der Waals surface area contributed by atoms with Crippen molar-refractivity contribution in [3.8, 4) is 0 Å². The van der Waals surface area contributed by atoms with Gasteiger partial charge < -0.3 is 0 Å². The number of rotatable bonds is 2. The zero-order valence-corrected chi connectivity index (χ0v) is 12.0. The largest absolute Gasteiger partial charge is 0.393 e. The Labute approximate surface area is 120 Å². The quantitative estimate of drug-likeness (QED) is 0.835. The smallest absolute Gasteiger partial charge is 0.207 e. The third-order valence-electron chi connectivity index (χ3n) is 3.30. The first-order valence-corrected chi connectivity index (χ1v) is 7.85. The Morgan fingerprint density at radius 2 is 1.80 bits per heavy atom. The third kappa shape index (κ3) is 3.27. The summed E-state index contributed by atoms with van der Waals surface area (Å²) in [5.74, 6) is -1.60. The molecule has 1 fully saturated rings. The molecule has 3 nitrogen and oxygen atoms in total. The Morgan fingerprint density at radius 1 is 1.20 bits per heavy atom. The maximum Gasteiger partial charge on any atom is 0.393 e. The highest BCUT2D eigenvalue weighted by molar-refractivity contribution is 7.89. The lowest BCUT2D eigenvalue weighted by Gasteiger charge is -2.32. The van der Waals surface area contributed by atoms with Crippen LogP contribution in [0.3, 0.4) is 0 Å². The van der Waals surface area contributed by atoms with E-state index in [0.717, 1.165) is 4.31 Å². The van der Waals surface area contributed by atoms with E-state index in [1.165, 1.54) is 24.3 Å². The average Bonchev–Trinajstić information content (AvgIpc) is 2.38. The Balaban J connectivity index is 2.23. The van der Waals surface area contributed by atoms with Crippen LogP contribution in [0.25, 0.3) is 0 Å². The molecule has 8 heteroatoms. The van der Waals surface area contributed by atoms with Gasteiger partial charge in [-0.2, -0.15) is 17.5 Å². The fraction of sp³-hybridized carbons (Fsp3) is 0.500. The highest BCUT2D eigenvalue weighted by Gasteiger charge is 2.44. The first-order valence-electron chi connectivity index (χ1n) is 6.03. The molecule has 0 N–H and O–H groups in total. The van der Waals surface area contributed by atoms with Gasteiger partial charge in [-0.05, 0) is 37.1 Å². The Kier molecular flexibility index (Phi) is 4.32. The van der Waals surface area contributed by atoms with Crippen LogP contribution < -0.4 is 0 Å². The second-order valence-corrected chi connectivity index (χ2v) is 7.07. The molecule has 0 unspecified atom stereocenters. The summed E-state index contributed by atoms with van der Waals surface area (Å²) in [7, 11) is -3.90. The lowest BCUT2D eigenvalue weighted by molar-refractivity contribution is -0.182. The van der Waals surface area contributed by atoms with Crippen molar-refractivity contribution in [2.45, 2.75) is 23.9 Å². The minimum atomic E-state index is -4.37. The number of hydrogen-bond acceptors (Lipinski definition) is 2. The van der Waals surface area contributed by atoms with Gasteiger partial charge in [-0.25, -0.2) is 8.42 Å². The van der Waals surface area contributed by atoms with Crippen LogP contribution in [0.5, 0.6) is 0 Å². The van der Waals surface area contributed by atoms with Crippen molar-refractivity contribution < 1.29 is 21.6 Å². The molecule has 1 saturated heterocycles. The summed E-state index contributed by atoms with van der Waals surface area (Å²) in [6.07, 6.45) is -4.19. The van der Waals surface area contributed by atoms with Crippen molar-refractivity contribution >= 4 is 21.6 Å². The van der Waals surface area contributed by atoms with Gasteiger partial charge in [0.05, 0.1) is 10.8 Å². The Bertz CT molecular complexity index is 571. The fourth-order valence-corrected chi connectivity index (χ4v) is 3.83. The Hall–Kier alpha value is -0.790. The minimum absolute atomic E-state index is 0.0316. The molecule has 20 heavy (non-hydrogen) atoms. The van der Waals surface area contributed by atoms with Crippen LogP contribution in [0.15, 0.2) is 29.2 Å². The maximum absolute atomic E-state index is 12.7. The zero-order chi connectivity index (χ0) is 15.0. The lowest BCUT2D eigenvalue weighted by atomic mass is 9.99. The van der Waals surface area contributed by atoms with E-state index in [9.17, 15) is 21.6 Å². The van der Waals surface area contributed by atoms with Crippen molar-refractivity contribution in [3.05, 3.63) is 29.3 Å². The van der Waals surface area contributed by atoms with Gasteiger partial charge >= 0.3 is 6.18 Å². The van der Waals surface area contributed by atoms with Crippen molar-refractivity contribution in [1.29, 1.82) is 0 Å². The van der Waals surface area contributed by atoms with Crippen molar-refractivity contribution in [3.63, 3.8) is 0 Å². The molecule has 0 aliphatic carbocycles. The Morgan fingerprint density at radius 3 is 2.35 bits per heavy atom. The van der Waals surface area contributed by atoms with E-state index in [0.29, 0.717) is 5.02 Å². The zero-order valence-electron chi connectivity index (χ0n) is 10.4. The third-order valence-corrected chi connectivity index (χ3v) is 5.43. The summed E-state index contributed by atoms with van der Waals surface area (Å²) < 4.78 is 63.6. The highest BCUT2D eigenvalue weighted by atomic mass is 35.5. The molecule has 0 aromatic heterocycles. The van der Waals surface area contributed by atoms with Gasteiger partial charge in [0.25, 0.3) is 0 Å². The average molecular weight is 328 g/mol. The minimum Gasteiger partial charge on any atom is -0.207 e. The van der Waals surface area contributed by atoms with E-state index < -0.39 is 28.7 Å².